The molecule has 1 aliphatic rings. The number of hydrogen-bond acceptors (Lipinski definition) is 1. The van der Waals surface area contributed by atoms with Crippen molar-refractivity contribution in [3.63, 3.8) is 0 Å². The second-order valence-electron chi connectivity index (χ2n) is 10.4. The summed E-state index contributed by atoms with van der Waals surface area (Å²) in [5.74, 6) is -9.32. The van der Waals surface area contributed by atoms with Gasteiger partial charge in [-0.05, 0) is 90.3 Å². The van der Waals surface area contributed by atoms with Crippen molar-refractivity contribution in [2.24, 2.45) is 0 Å². The SMILES string of the molecule is C=Cc1cc(F)c(C(F)(F)OC2CCC(c3ccc(-c4ccc(-c5cc(F)c(F)c(F)c5)c(F)c4)c(F)c3)CC2)c(F)c1. The van der Waals surface area contributed by atoms with Crippen LogP contribution in [0.25, 0.3) is 28.3 Å². The minimum absolute atomic E-state index is 0.00817. The molecule has 0 unspecified atom stereocenters. The minimum Gasteiger partial charge on any atom is -0.313 e. The summed E-state index contributed by atoms with van der Waals surface area (Å²) >= 11 is 0. The number of alkyl halides is 2. The zero-order valence-electron chi connectivity index (χ0n) is 22.4. The van der Waals surface area contributed by atoms with E-state index in [0.29, 0.717) is 30.5 Å². The van der Waals surface area contributed by atoms with Crippen LogP contribution in [-0.4, -0.2) is 6.10 Å². The molecule has 0 amide bonds. The smallest absolute Gasteiger partial charge is 0.313 e. The van der Waals surface area contributed by atoms with Crippen molar-refractivity contribution in [3.05, 3.63) is 125 Å². The first-order valence-electron chi connectivity index (χ1n) is 13.3. The van der Waals surface area contributed by atoms with E-state index in [0.717, 1.165) is 24.3 Å². The maximum atomic E-state index is 15.1. The van der Waals surface area contributed by atoms with Crippen LogP contribution in [0.1, 0.15) is 48.3 Å². The molecule has 1 aliphatic carbocycles. The summed E-state index contributed by atoms with van der Waals surface area (Å²) in [6, 6.07) is 10.7. The molecule has 1 nitrogen and oxygen atoms in total. The van der Waals surface area contributed by atoms with Gasteiger partial charge in [0.15, 0.2) is 17.5 Å². The van der Waals surface area contributed by atoms with Crippen LogP contribution in [0.4, 0.5) is 39.5 Å². The molecule has 4 aromatic rings. The molecule has 10 heteroatoms. The van der Waals surface area contributed by atoms with Crippen molar-refractivity contribution in [2.45, 2.75) is 43.8 Å². The fourth-order valence-electron chi connectivity index (χ4n) is 5.42. The highest BCUT2D eigenvalue weighted by Gasteiger charge is 2.42. The Hall–Kier alpha value is -4.05. The van der Waals surface area contributed by atoms with Crippen LogP contribution < -0.4 is 0 Å². The molecule has 0 saturated heterocycles. The fourth-order valence-corrected chi connectivity index (χ4v) is 5.42. The lowest BCUT2D eigenvalue weighted by Gasteiger charge is -2.31. The predicted octanol–water partition coefficient (Wildman–Crippen LogP) is 10.4. The van der Waals surface area contributed by atoms with Gasteiger partial charge in [-0.25, -0.2) is 30.7 Å². The Morgan fingerprint density at radius 1 is 0.628 bits per heavy atom. The number of halogens is 9. The first-order chi connectivity index (χ1) is 20.4. The third-order valence-electron chi connectivity index (χ3n) is 7.62. The fraction of sp³-hybridized carbons (Fsp3) is 0.212. The standard InChI is InChI=1S/C33H23F9O/c1-2-17-11-27(36)31(28(37)12-17)33(41,42)43-22-7-3-18(4-8-22)19-5-9-23(25(34)13-19)20-6-10-24(26(35)14-20)21-15-29(38)32(40)30(39)16-21/h2,5-6,9-16,18,22H,1,3-4,7-8H2. The van der Waals surface area contributed by atoms with Gasteiger partial charge in [0.2, 0.25) is 0 Å². The predicted molar refractivity (Wildman–Crippen MR) is 144 cm³/mol. The Bertz CT molecular complexity index is 1640. The molecule has 5 rings (SSSR count). The lowest BCUT2D eigenvalue weighted by molar-refractivity contribution is -0.280. The lowest BCUT2D eigenvalue weighted by atomic mass is 9.82. The highest BCUT2D eigenvalue weighted by atomic mass is 19.3. The van der Waals surface area contributed by atoms with E-state index in [2.05, 4.69) is 6.58 Å². The first kappa shape index (κ1) is 30.4. The number of benzene rings is 4. The minimum atomic E-state index is -4.21. The Labute approximate surface area is 241 Å². The molecule has 0 radical (unpaired) electrons. The van der Waals surface area contributed by atoms with Crippen LogP contribution >= 0.6 is 0 Å². The van der Waals surface area contributed by atoms with Gasteiger partial charge in [-0.1, -0.05) is 36.9 Å². The summed E-state index contributed by atoms with van der Waals surface area (Å²) in [6.45, 7) is 3.36. The van der Waals surface area contributed by atoms with E-state index in [1.807, 2.05) is 0 Å². The maximum Gasteiger partial charge on any atom is 0.389 e. The van der Waals surface area contributed by atoms with Gasteiger partial charge in [0.25, 0.3) is 0 Å². The van der Waals surface area contributed by atoms with Gasteiger partial charge in [-0.3, -0.25) is 0 Å². The van der Waals surface area contributed by atoms with Crippen LogP contribution in [0.2, 0.25) is 0 Å². The van der Waals surface area contributed by atoms with Crippen molar-refractivity contribution >= 4 is 6.08 Å². The molecule has 4 aromatic carbocycles. The monoisotopic (exact) mass is 606 g/mol. The molecular weight excluding hydrogens is 583 g/mol. The van der Waals surface area contributed by atoms with Crippen molar-refractivity contribution < 1.29 is 44.3 Å². The molecule has 0 heterocycles. The van der Waals surface area contributed by atoms with Crippen molar-refractivity contribution in [2.75, 3.05) is 0 Å². The molecule has 0 aliphatic heterocycles. The Balaban J connectivity index is 1.27. The summed E-state index contributed by atoms with van der Waals surface area (Å²) in [4.78, 5) is 0. The zero-order valence-corrected chi connectivity index (χ0v) is 22.4. The van der Waals surface area contributed by atoms with E-state index in [1.54, 1.807) is 6.07 Å². The highest BCUT2D eigenvalue weighted by Crippen LogP contribution is 2.41. The quantitative estimate of drug-likeness (QED) is 0.150. The number of rotatable bonds is 7. The highest BCUT2D eigenvalue weighted by molar-refractivity contribution is 5.71. The molecule has 1 fully saturated rings. The average molecular weight is 607 g/mol. The molecular formula is C33H23F9O. The Morgan fingerprint density at radius 2 is 1.16 bits per heavy atom. The lowest BCUT2D eigenvalue weighted by Crippen LogP contribution is -2.31. The summed E-state index contributed by atoms with van der Waals surface area (Å²) in [7, 11) is 0. The van der Waals surface area contributed by atoms with E-state index in [-0.39, 0.29) is 46.6 Å². The Kier molecular flexibility index (Phi) is 8.42. The van der Waals surface area contributed by atoms with E-state index < -0.39 is 58.5 Å². The molecule has 0 N–H and O–H groups in total. The van der Waals surface area contributed by atoms with Gasteiger partial charge >= 0.3 is 6.11 Å². The van der Waals surface area contributed by atoms with E-state index >= 15 is 4.39 Å². The van der Waals surface area contributed by atoms with E-state index in [1.165, 1.54) is 24.3 Å². The molecule has 224 valence electrons. The first-order valence-corrected chi connectivity index (χ1v) is 13.3. The molecule has 0 aromatic heterocycles. The Morgan fingerprint density at radius 3 is 1.72 bits per heavy atom. The summed E-state index contributed by atoms with van der Waals surface area (Å²) in [6.07, 6.45) is -3.12. The van der Waals surface area contributed by atoms with Crippen molar-refractivity contribution in [1.29, 1.82) is 0 Å². The third-order valence-corrected chi connectivity index (χ3v) is 7.62. The largest absolute Gasteiger partial charge is 0.389 e. The molecule has 0 spiro atoms. The maximum absolute atomic E-state index is 15.1. The van der Waals surface area contributed by atoms with Crippen molar-refractivity contribution in [1.82, 2.24) is 0 Å². The summed E-state index contributed by atoms with van der Waals surface area (Å²) in [5, 5.41) is 0. The molecule has 43 heavy (non-hydrogen) atoms. The average Bonchev–Trinajstić information content (AvgIpc) is 2.95. The van der Waals surface area contributed by atoms with Crippen LogP contribution in [0.5, 0.6) is 0 Å². The van der Waals surface area contributed by atoms with Crippen LogP contribution in [-0.2, 0) is 10.8 Å². The third kappa shape index (κ3) is 6.20. The second-order valence-corrected chi connectivity index (χ2v) is 10.4. The van der Waals surface area contributed by atoms with Crippen LogP contribution in [0.3, 0.4) is 0 Å². The molecule has 1 saturated carbocycles. The van der Waals surface area contributed by atoms with Crippen molar-refractivity contribution in [3.8, 4) is 22.3 Å². The van der Waals surface area contributed by atoms with Crippen LogP contribution in [0.15, 0.2) is 67.2 Å². The zero-order chi connectivity index (χ0) is 31.1. The van der Waals surface area contributed by atoms with E-state index in [9.17, 15) is 35.1 Å². The van der Waals surface area contributed by atoms with Gasteiger partial charge in [0.05, 0.1) is 6.10 Å². The normalized spacial score (nSPS) is 17.2. The summed E-state index contributed by atoms with van der Waals surface area (Å²) in [5.41, 5.74) is -1.12. The van der Waals surface area contributed by atoms with Gasteiger partial charge in [0, 0.05) is 11.1 Å². The van der Waals surface area contributed by atoms with Gasteiger partial charge in [0.1, 0.15) is 28.8 Å². The van der Waals surface area contributed by atoms with Crippen LogP contribution in [0, 0.1) is 40.7 Å². The molecule has 0 atom stereocenters. The van der Waals surface area contributed by atoms with E-state index in [4.69, 9.17) is 4.74 Å². The summed E-state index contributed by atoms with van der Waals surface area (Å²) < 4.78 is 133. The number of hydrogen-bond donors (Lipinski definition) is 0. The second kappa shape index (κ2) is 11.9. The van der Waals surface area contributed by atoms with Gasteiger partial charge in [-0.15, -0.1) is 0 Å². The topological polar surface area (TPSA) is 9.23 Å². The van der Waals surface area contributed by atoms with Gasteiger partial charge < -0.3 is 4.74 Å². The number of ether oxygens (including phenoxy) is 1. The molecule has 0 bridgehead atoms. The van der Waals surface area contributed by atoms with Gasteiger partial charge in [-0.2, -0.15) is 8.78 Å².